The minimum absolute atomic E-state index is 0.0544. The number of hydrogen-bond acceptors (Lipinski definition) is 12. The summed E-state index contributed by atoms with van der Waals surface area (Å²) in [6.07, 6.45) is -4.65. The number of aromatic hydroxyl groups is 5. The molecule has 8 N–H and O–H groups in total. The topological polar surface area (TPSA) is 207 Å². The van der Waals surface area contributed by atoms with Crippen LogP contribution in [0.15, 0.2) is 54.6 Å². The third-order valence-electron chi connectivity index (χ3n) is 5.88. The second kappa shape index (κ2) is 11.5. The molecule has 0 radical (unpaired) electrons. The van der Waals surface area contributed by atoms with Crippen molar-refractivity contribution >= 4 is 18.1 Å². The Morgan fingerprint density at radius 1 is 0.769 bits per heavy atom. The maximum Gasteiger partial charge on any atom is 0.338 e. The van der Waals surface area contributed by atoms with Crippen molar-refractivity contribution in [2.24, 2.45) is 0 Å². The number of aliphatic hydroxyl groups is 3. The Morgan fingerprint density at radius 3 is 2.08 bits per heavy atom. The van der Waals surface area contributed by atoms with Crippen LogP contribution >= 0.6 is 0 Å². The van der Waals surface area contributed by atoms with Crippen LogP contribution in [0.2, 0.25) is 0 Å². The molecule has 12 nitrogen and oxygen atoms in total. The average molecular weight is 542 g/mol. The fourth-order valence-electron chi connectivity index (χ4n) is 3.80. The van der Waals surface area contributed by atoms with Gasteiger partial charge in [0.25, 0.3) is 0 Å². The van der Waals surface area contributed by atoms with Gasteiger partial charge in [-0.15, -0.1) is 0 Å². The van der Waals surface area contributed by atoms with Gasteiger partial charge in [-0.1, -0.05) is 24.3 Å². The van der Waals surface area contributed by atoms with E-state index in [1.165, 1.54) is 30.3 Å². The lowest BCUT2D eigenvalue weighted by molar-refractivity contribution is -0.277. The van der Waals surface area contributed by atoms with Crippen molar-refractivity contribution in [3.63, 3.8) is 0 Å². The van der Waals surface area contributed by atoms with Gasteiger partial charge in [-0.2, -0.15) is 0 Å². The molecule has 0 saturated carbocycles. The van der Waals surface area contributed by atoms with Gasteiger partial charge in [0.05, 0.1) is 5.56 Å². The third kappa shape index (κ3) is 6.51. The Hall–Kier alpha value is -4.49. The molecule has 0 aliphatic carbocycles. The quantitative estimate of drug-likeness (QED) is 0.121. The van der Waals surface area contributed by atoms with Crippen LogP contribution in [0.5, 0.6) is 34.5 Å². The second-order valence-corrected chi connectivity index (χ2v) is 8.78. The van der Waals surface area contributed by atoms with Crippen LogP contribution < -0.4 is 4.74 Å². The molecule has 1 aliphatic heterocycles. The maximum absolute atomic E-state index is 12.3. The number of phenols is 5. The predicted molar refractivity (Wildman–Crippen MR) is 134 cm³/mol. The Labute approximate surface area is 221 Å². The maximum atomic E-state index is 12.3. The monoisotopic (exact) mass is 542 g/mol. The molecule has 4 rings (SSSR count). The number of rotatable bonds is 7. The van der Waals surface area contributed by atoms with Crippen LogP contribution in [0, 0.1) is 0 Å². The summed E-state index contributed by atoms with van der Waals surface area (Å²) in [5, 5.41) is 79.1. The molecule has 3 aromatic carbocycles. The highest BCUT2D eigenvalue weighted by Crippen LogP contribution is 2.35. The molecule has 1 saturated heterocycles. The van der Waals surface area contributed by atoms with Crippen molar-refractivity contribution in [2.45, 2.75) is 30.7 Å². The molecule has 5 atom stereocenters. The van der Waals surface area contributed by atoms with Gasteiger partial charge in [0.15, 0.2) is 17.2 Å². The summed E-state index contributed by atoms with van der Waals surface area (Å²) >= 11 is 0. The number of phenolic OH excluding ortho intramolecular Hbond substituents is 5. The van der Waals surface area contributed by atoms with E-state index in [0.717, 1.165) is 17.7 Å². The first kappa shape index (κ1) is 27.5. The molecule has 39 heavy (non-hydrogen) atoms. The van der Waals surface area contributed by atoms with Crippen LogP contribution in [-0.4, -0.2) is 84.1 Å². The van der Waals surface area contributed by atoms with Crippen molar-refractivity contribution in [3.05, 3.63) is 71.3 Å². The molecule has 0 unspecified atom stereocenters. The summed E-state index contributed by atoms with van der Waals surface area (Å²) in [5.74, 6) is -3.38. The van der Waals surface area contributed by atoms with Gasteiger partial charge in [-0.25, -0.2) is 4.79 Å². The zero-order valence-electron chi connectivity index (χ0n) is 20.2. The van der Waals surface area contributed by atoms with Crippen molar-refractivity contribution in [2.75, 3.05) is 6.61 Å². The van der Waals surface area contributed by atoms with E-state index in [4.69, 9.17) is 14.2 Å². The molecule has 0 aromatic heterocycles. The lowest BCUT2D eigenvalue weighted by Crippen LogP contribution is -2.60. The van der Waals surface area contributed by atoms with Gasteiger partial charge in [0, 0.05) is 6.07 Å². The summed E-state index contributed by atoms with van der Waals surface area (Å²) in [5.41, 5.74) is 0.973. The number of esters is 1. The van der Waals surface area contributed by atoms with Crippen molar-refractivity contribution in [1.82, 2.24) is 0 Å². The van der Waals surface area contributed by atoms with Crippen LogP contribution in [0.3, 0.4) is 0 Å². The zero-order chi connectivity index (χ0) is 28.3. The van der Waals surface area contributed by atoms with E-state index in [1.54, 1.807) is 24.3 Å². The highest BCUT2D eigenvalue weighted by molar-refractivity contribution is 5.91. The largest absolute Gasteiger partial charge is 0.508 e. The number of ether oxygens (including phenoxy) is 3. The minimum Gasteiger partial charge on any atom is -0.508 e. The summed E-state index contributed by atoms with van der Waals surface area (Å²) in [4.78, 5) is 12.3. The first-order valence-electron chi connectivity index (χ1n) is 11.6. The molecule has 12 heteroatoms. The second-order valence-electron chi connectivity index (χ2n) is 8.78. The summed E-state index contributed by atoms with van der Waals surface area (Å²) < 4.78 is 16.2. The predicted octanol–water partition coefficient (Wildman–Crippen LogP) is 1.43. The molecule has 3 aromatic rings. The first-order valence-corrected chi connectivity index (χ1v) is 11.6. The van der Waals surface area contributed by atoms with Gasteiger partial charge in [-0.05, 0) is 47.5 Å². The smallest absolute Gasteiger partial charge is 0.338 e. The van der Waals surface area contributed by atoms with Crippen LogP contribution in [0.1, 0.15) is 21.5 Å². The Morgan fingerprint density at radius 2 is 1.41 bits per heavy atom. The van der Waals surface area contributed by atoms with E-state index in [1.807, 2.05) is 0 Å². The number of aliphatic hydroxyl groups excluding tert-OH is 3. The van der Waals surface area contributed by atoms with Gasteiger partial charge < -0.3 is 55.1 Å². The van der Waals surface area contributed by atoms with Crippen molar-refractivity contribution < 1.29 is 59.9 Å². The van der Waals surface area contributed by atoms with E-state index >= 15 is 0 Å². The standard InChI is InChI=1S/C27H26O12/c28-16-5-3-13(4-6-16)1-2-14-7-17(29)11-18(8-14)38-27-25(35)24(34)23(33)21(39-27)12-37-26(36)15-9-19(30)22(32)20(31)10-15/h1-11,21,23-25,27-35H,12H2/b2-1+/t21-,23+,24-,25-,27-/m0/s1. The fraction of sp³-hybridized carbons (Fsp3) is 0.222. The highest BCUT2D eigenvalue weighted by Gasteiger charge is 2.45. The number of carbonyl (C=O) groups excluding carboxylic acids is 1. The van der Waals surface area contributed by atoms with E-state index in [2.05, 4.69) is 0 Å². The van der Waals surface area contributed by atoms with Gasteiger partial charge >= 0.3 is 5.97 Å². The highest BCUT2D eigenvalue weighted by atomic mass is 16.7. The molecule has 0 bridgehead atoms. The van der Waals surface area contributed by atoms with E-state index in [9.17, 15) is 45.6 Å². The summed E-state index contributed by atoms with van der Waals surface area (Å²) in [6.45, 7) is -0.618. The lowest BCUT2D eigenvalue weighted by Gasteiger charge is -2.39. The first-order chi connectivity index (χ1) is 18.5. The molecule has 1 heterocycles. The van der Waals surface area contributed by atoms with E-state index in [-0.39, 0.29) is 22.8 Å². The molecule has 0 amide bonds. The van der Waals surface area contributed by atoms with Crippen molar-refractivity contribution in [1.29, 1.82) is 0 Å². The Balaban J connectivity index is 1.45. The summed E-state index contributed by atoms with van der Waals surface area (Å²) in [7, 11) is 0. The normalized spacial score (nSPS) is 23.0. The fourth-order valence-corrected chi connectivity index (χ4v) is 3.80. The molecule has 0 spiro atoms. The lowest BCUT2D eigenvalue weighted by atomic mass is 9.99. The van der Waals surface area contributed by atoms with Gasteiger partial charge in [-0.3, -0.25) is 0 Å². The molecule has 206 valence electrons. The SMILES string of the molecule is O=C(OC[C@@H]1O[C@H](Oc2cc(O)cc(/C=C/c3ccc(O)cc3)c2)[C@@H](O)[C@@H](O)[C@@H]1O)c1cc(O)c(O)c(O)c1. The number of carbonyl (C=O) groups is 1. The van der Waals surface area contributed by atoms with Crippen LogP contribution in [0.25, 0.3) is 12.2 Å². The van der Waals surface area contributed by atoms with Crippen molar-refractivity contribution in [3.8, 4) is 34.5 Å². The summed E-state index contributed by atoms with van der Waals surface area (Å²) in [6, 6.07) is 12.3. The Bertz CT molecular complexity index is 1330. The number of hydrogen-bond donors (Lipinski definition) is 8. The van der Waals surface area contributed by atoms with Crippen LogP contribution in [-0.2, 0) is 9.47 Å². The minimum atomic E-state index is -1.75. The number of benzene rings is 3. The van der Waals surface area contributed by atoms with E-state index < -0.39 is 60.5 Å². The van der Waals surface area contributed by atoms with Crippen LogP contribution in [0.4, 0.5) is 0 Å². The van der Waals surface area contributed by atoms with Gasteiger partial charge in [0.2, 0.25) is 6.29 Å². The van der Waals surface area contributed by atoms with E-state index in [0.29, 0.717) is 5.56 Å². The van der Waals surface area contributed by atoms with Gasteiger partial charge in [0.1, 0.15) is 48.3 Å². The Kier molecular flexibility index (Phi) is 8.12. The molecule has 1 fully saturated rings. The third-order valence-corrected chi connectivity index (χ3v) is 5.88. The molecule has 1 aliphatic rings. The molecular weight excluding hydrogens is 516 g/mol. The molecular formula is C27H26O12. The zero-order valence-corrected chi connectivity index (χ0v) is 20.2. The average Bonchev–Trinajstić information content (AvgIpc) is 2.90.